The van der Waals surface area contributed by atoms with Crippen LogP contribution in [0.1, 0.15) is 23.4 Å². The van der Waals surface area contributed by atoms with E-state index in [2.05, 4.69) is 10.6 Å². The highest BCUT2D eigenvalue weighted by Crippen LogP contribution is 2.33. The van der Waals surface area contributed by atoms with Crippen molar-refractivity contribution in [2.24, 2.45) is 5.14 Å². The molecule has 34 heavy (non-hydrogen) atoms. The molecule has 0 bridgehead atoms. The van der Waals surface area contributed by atoms with Gasteiger partial charge in [0.2, 0.25) is 15.9 Å². The number of benzene rings is 3. The lowest BCUT2D eigenvalue weighted by molar-refractivity contribution is -0.121. The summed E-state index contributed by atoms with van der Waals surface area (Å²) in [7, 11) is -3.76. The van der Waals surface area contributed by atoms with Gasteiger partial charge in [-0.1, -0.05) is 60.7 Å². The molecule has 1 unspecified atom stereocenters. The van der Waals surface area contributed by atoms with Crippen molar-refractivity contribution < 1.29 is 13.2 Å². The van der Waals surface area contributed by atoms with E-state index in [1.807, 2.05) is 67.6 Å². The molecular weight excluding hydrogens is 468 g/mol. The number of primary sulfonamides is 1. The number of carbonyl (C=O) groups excluding carboxylic acids is 1. The number of nitrogens with zero attached hydrogens (tertiary/aromatic N) is 1. The summed E-state index contributed by atoms with van der Waals surface area (Å²) >= 11 is 1.44. The first-order valence-corrected chi connectivity index (χ1v) is 13.0. The number of carbonyl (C=O) groups is 1. The Morgan fingerprint density at radius 1 is 0.971 bits per heavy atom. The molecule has 7 nitrogen and oxygen atoms in total. The number of anilines is 2. The van der Waals surface area contributed by atoms with Gasteiger partial charge in [-0.05, 0) is 36.8 Å². The molecule has 4 rings (SSSR count). The highest BCUT2D eigenvalue weighted by molar-refractivity contribution is 7.89. The van der Waals surface area contributed by atoms with Gasteiger partial charge in [0.05, 0.1) is 23.1 Å². The molecule has 0 aliphatic carbocycles. The Balaban J connectivity index is 1.52. The van der Waals surface area contributed by atoms with Crippen LogP contribution in [0.3, 0.4) is 0 Å². The first-order chi connectivity index (χ1) is 16.3. The smallest absolute Gasteiger partial charge is 0.238 e. The maximum Gasteiger partial charge on any atom is 0.238 e. The summed E-state index contributed by atoms with van der Waals surface area (Å²) in [6, 6.07) is 25.4. The van der Waals surface area contributed by atoms with E-state index >= 15 is 0 Å². The molecule has 3 aromatic carbocycles. The van der Waals surface area contributed by atoms with Crippen LogP contribution >= 0.6 is 11.3 Å². The van der Waals surface area contributed by atoms with Crippen LogP contribution in [0, 0.1) is 0 Å². The predicted octanol–water partition coefficient (Wildman–Crippen LogP) is 4.62. The van der Waals surface area contributed by atoms with Gasteiger partial charge in [-0.3, -0.25) is 4.79 Å². The van der Waals surface area contributed by atoms with Gasteiger partial charge >= 0.3 is 0 Å². The minimum Gasteiger partial charge on any atom is -0.349 e. The van der Waals surface area contributed by atoms with Crippen molar-refractivity contribution in [3.05, 3.63) is 95.4 Å². The van der Waals surface area contributed by atoms with E-state index in [4.69, 9.17) is 10.1 Å². The number of amides is 1. The van der Waals surface area contributed by atoms with Crippen LogP contribution in [0.15, 0.2) is 89.8 Å². The average Bonchev–Trinajstić information content (AvgIpc) is 3.21. The second kappa shape index (κ2) is 10.2. The topological polar surface area (TPSA) is 114 Å². The van der Waals surface area contributed by atoms with Crippen LogP contribution in [0.5, 0.6) is 0 Å². The van der Waals surface area contributed by atoms with Gasteiger partial charge in [0, 0.05) is 16.1 Å². The molecular formula is C25H24N4O3S2. The lowest BCUT2D eigenvalue weighted by Crippen LogP contribution is -2.28. The highest BCUT2D eigenvalue weighted by atomic mass is 32.2. The maximum absolute atomic E-state index is 12.9. The van der Waals surface area contributed by atoms with Gasteiger partial charge < -0.3 is 10.6 Å². The van der Waals surface area contributed by atoms with E-state index in [1.54, 1.807) is 12.1 Å². The van der Waals surface area contributed by atoms with E-state index in [9.17, 15) is 13.2 Å². The molecule has 4 N–H and O–H groups in total. The summed E-state index contributed by atoms with van der Waals surface area (Å²) in [5, 5.41) is 12.2. The summed E-state index contributed by atoms with van der Waals surface area (Å²) in [6.07, 6.45) is 0.165. The van der Waals surface area contributed by atoms with E-state index in [1.165, 1.54) is 23.5 Å². The van der Waals surface area contributed by atoms with Crippen LogP contribution in [-0.4, -0.2) is 19.3 Å². The largest absolute Gasteiger partial charge is 0.349 e. The zero-order valence-corrected chi connectivity index (χ0v) is 20.1. The van der Waals surface area contributed by atoms with Gasteiger partial charge in [0.15, 0.2) is 5.13 Å². The Morgan fingerprint density at radius 3 is 2.21 bits per heavy atom. The molecule has 0 aliphatic rings. The Morgan fingerprint density at radius 2 is 1.59 bits per heavy atom. The second-order valence-corrected chi connectivity index (χ2v) is 10.4. The molecule has 0 aliphatic heterocycles. The van der Waals surface area contributed by atoms with Crippen LogP contribution in [0.2, 0.25) is 0 Å². The molecule has 0 spiro atoms. The quantitative estimate of drug-likeness (QED) is 0.332. The summed E-state index contributed by atoms with van der Waals surface area (Å²) < 4.78 is 22.9. The lowest BCUT2D eigenvalue weighted by atomic mass is 10.1. The number of rotatable bonds is 8. The van der Waals surface area contributed by atoms with E-state index in [-0.39, 0.29) is 23.3 Å². The standard InChI is InChI=1S/C25H24N4O3S2/c1-17(18-12-14-21(15-13-18)34(26,31)32)27-23(30)16-22-24(19-8-4-2-5-9-19)29-25(33-22)28-20-10-6-3-7-11-20/h2-15,17H,16H2,1H3,(H,27,30)(H,28,29)(H2,26,31,32). The van der Waals surface area contributed by atoms with Crippen LogP contribution in [0.25, 0.3) is 11.3 Å². The zero-order chi connectivity index (χ0) is 24.1. The summed E-state index contributed by atoms with van der Waals surface area (Å²) in [5.74, 6) is -0.157. The zero-order valence-electron chi connectivity index (χ0n) is 18.4. The van der Waals surface area contributed by atoms with E-state index in [0.29, 0.717) is 5.13 Å². The molecule has 0 radical (unpaired) electrons. The molecule has 174 valence electrons. The van der Waals surface area contributed by atoms with Crippen LogP contribution in [-0.2, 0) is 21.2 Å². The van der Waals surface area contributed by atoms with E-state index < -0.39 is 10.0 Å². The Bertz CT molecular complexity index is 1370. The first kappa shape index (κ1) is 23.6. The van der Waals surface area contributed by atoms with Gasteiger partial charge in [0.1, 0.15) is 0 Å². The minimum atomic E-state index is -3.76. The molecule has 1 heterocycles. The first-order valence-electron chi connectivity index (χ1n) is 10.6. The third-order valence-electron chi connectivity index (χ3n) is 5.18. The Kier molecular flexibility index (Phi) is 7.06. The monoisotopic (exact) mass is 492 g/mol. The van der Waals surface area contributed by atoms with E-state index in [0.717, 1.165) is 27.4 Å². The number of para-hydroxylation sites is 1. The van der Waals surface area contributed by atoms with Crippen molar-refractivity contribution >= 4 is 38.1 Å². The molecule has 0 saturated heterocycles. The van der Waals surface area contributed by atoms with Crippen molar-refractivity contribution in [1.29, 1.82) is 0 Å². The third kappa shape index (κ3) is 5.88. The fourth-order valence-electron chi connectivity index (χ4n) is 3.46. The Hall–Kier alpha value is -3.53. The molecule has 1 aromatic heterocycles. The number of nitrogens with one attached hydrogen (secondary N) is 2. The van der Waals surface area contributed by atoms with Crippen molar-refractivity contribution in [2.45, 2.75) is 24.3 Å². The highest BCUT2D eigenvalue weighted by Gasteiger charge is 2.18. The van der Waals surface area contributed by atoms with Gasteiger partial charge in [-0.25, -0.2) is 18.5 Å². The summed E-state index contributed by atoms with van der Waals surface area (Å²) in [5.41, 5.74) is 3.40. The number of hydrogen-bond donors (Lipinski definition) is 3. The fourth-order valence-corrected chi connectivity index (χ4v) is 4.98. The van der Waals surface area contributed by atoms with Crippen molar-refractivity contribution in [3.63, 3.8) is 0 Å². The number of hydrogen-bond acceptors (Lipinski definition) is 6. The van der Waals surface area contributed by atoms with Crippen LogP contribution in [0.4, 0.5) is 10.8 Å². The SMILES string of the molecule is CC(NC(=O)Cc1sc(Nc2ccccc2)nc1-c1ccccc1)c1ccc(S(N)(=O)=O)cc1. The fraction of sp³-hybridized carbons (Fsp3) is 0.120. The van der Waals surface area contributed by atoms with Gasteiger partial charge in [-0.15, -0.1) is 11.3 Å². The molecule has 1 amide bonds. The molecule has 9 heteroatoms. The number of thiazole rings is 1. The number of nitrogens with two attached hydrogens (primary N) is 1. The second-order valence-electron chi connectivity index (χ2n) is 7.73. The number of aromatic nitrogens is 1. The van der Waals surface area contributed by atoms with Crippen molar-refractivity contribution in [3.8, 4) is 11.3 Å². The van der Waals surface area contributed by atoms with Gasteiger partial charge in [0.25, 0.3) is 0 Å². The lowest BCUT2D eigenvalue weighted by Gasteiger charge is -2.14. The molecule has 0 fully saturated rings. The molecule has 4 aromatic rings. The molecule has 1 atom stereocenters. The maximum atomic E-state index is 12.9. The third-order valence-corrected chi connectivity index (χ3v) is 7.08. The van der Waals surface area contributed by atoms with Crippen molar-refractivity contribution in [1.82, 2.24) is 10.3 Å². The number of sulfonamides is 1. The van der Waals surface area contributed by atoms with Crippen LogP contribution < -0.4 is 15.8 Å². The minimum absolute atomic E-state index is 0.0328. The Labute approximate surface area is 202 Å². The van der Waals surface area contributed by atoms with Crippen molar-refractivity contribution in [2.75, 3.05) is 5.32 Å². The van der Waals surface area contributed by atoms with Gasteiger partial charge in [-0.2, -0.15) is 0 Å². The normalized spacial score (nSPS) is 12.2. The summed E-state index contributed by atoms with van der Waals surface area (Å²) in [4.78, 5) is 18.5. The molecule has 0 saturated carbocycles. The predicted molar refractivity (Wildman–Crippen MR) is 135 cm³/mol. The summed E-state index contributed by atoms with van der Waals surface area (Å²) in [6.45, 7) is 1.84. The average molecular weight is 493 g/mol.